The zero-order valence-corrected chi connectivity index (χ0v) is 15.9. The van der Waals surface area contributed by atoms with Crippen LogP contribution in [0.1, 0.15) is 23.1 Å². The number of rotatable bonds is 6. The molecule has 0 aromatic heterocycles. The van der Waals surface area contributed by atoms with Gasteiger partial charge in [0.15, 0.2) is 0 Å². The van der Waals surface area contributed by atoms with Gasteiger partial charge in [0.2, 0.25) is 5.91 Å². The summed E-state index contributed by atoms with van der Waals surface area (Å²) in [6, 6.07) is 12.5. The van der Waals surface area contributed by atoms with Gasteiger partial charge in [-0.25, -0.2) is 4.39 Å². The SMILES string of the molecule is Cc1cc(C)cc(CNC(=O)[C@H]2CNC[C@@H](COc3cccc(F)c3)C2)c1. The largest absolute Gasteiger partial charge is 0.493 e. The first-order chi connectivity index (χ1) is 13.0. The molecule has 2 N–H and O–H groups in total. The van der Waals surface area contributed by atoms with E-state index in [0.717, 1.165) is 18.5 Å². The third kappa shape index (κ3) is 5.79. The van der Waals surface area contributed by atoms with Gasteiger partial charge in [-0.2, -0.15) is 0 Å². The summed E-state index contributed by atoms with van der Waals surface area (Å²) in [5.74, 6) is 0.427. The minimum atomic E-state index is -0.307. The van der Waals surface area contributed by atoms with Gasteiger partial charge in [0.25, 0.3) is 0 Å². The van der Waals surface area contributed by atoms with E-state index in [-0.39, 0.29) is 23.6 Å². The lowest BCUT2D eigenvalue weighted by Crippen LogP contribution is -2.45. The van der Waals surface area contributed by atoms with E-state index in [4.69, 9.17) is 4.74 Å². The highest BCUT2D eigenvalue weighted by molar-refractivity contribution is 5.79. The third-order valence-electron chi connectivity index (χ3n) is 4.84. The van der Waals surface area contributed by atoms with Crippen LogP contribution in [0.4, 0.5) is 4.39 Å². The fourth-order valence-electron chi connectivity index (χ4n) is 3.63. The van der Waals surface area contributed by atoms with Crippen LogP contribution >= 0.6 is 0 Å². The maximum Gasteiger partial charge on any atom is 0.224 e. The number of aryl methyl sites for hydroxylation is 2. The van der Waals surface area contributed by atoms with Gasteiger partial charge in [-0.1, -0.05) is 35.4 Å². The smallest absolute Gasteiger partial charge is 0.224 e. The molecule has 0 unspecified atom stereocenters. The van der Waals surface area contributed by atoms with Crippen LogP contribution < -0.4 is 15.4 Å². The molecule has 1 saturated heterocycles. The Labute approximate surface area is 160 Å². The molecular formula is C22H27FN2O2. The molecule has 5 heteroatoms. The van der Waals surface area contributed by atoms with Crippen LogP contribution in [0, 0.1) is 31.5 Å². The van der Waals surface area contributed by atoms with E-state index >= 15 is 0 Å². The van der Waals surface area contributed by atoms with Gasteiger partial charge in [0, 0.05) is 31.6 Å². The van der Waals surface area contributed by atoms with Crippen molar-refractivity contribution >= 4 is 5.91 Å². The zero-order chi connectivity index (χ0) is 19.2. The molecule has 0 saturated carbocycles. The molecule has 0 aliphatic carbocycles. The normalized spacial score (nSPS) is 19.5. The van der Waals surface area contributed by atoms with Gasteiger partial charge in [-0.15, -0.1) is 0 Å². The Morgan fingerprint density at radius 3 is 2.70 bits per heavy atom. The van der Waals surface area contributed by atoms with Crippen molar-refractivity contribution in [3.05, 3.63) is 65.0 Å². The van der Waals surface area contributed by atoms with Gasteiger partial charge < -0.3 is 15.4 Å². The highest BCUT2D eigenvalue weighted by Gasteiger charge is 2.27. The molecule has 1 heterocycles. The van der Waals surface area contributed by atoms with E-state index in [1.165, 1.54) is 23.3 Å². The summed E-state index contributed by atoms with van der Waals surface area (Å²) in [4.78, 5) is 12.6. The molecule has 1 amide bonds. The van der Waals surface area contributed by atoms with Gasteiger partial charge in [-0.05, 0) is 38.0 Å². The topological polar surface area (TPSA) is 50.4 Å². The van der Waals surface area contributed by atoms with Crippen LogP contribution in [0.2, 0.25) is 0 Å². The second-order valence-electron chi connectivity index (χ2n) is 7.44. The molecule has 0 bridgehead atoms. The molecule has 2 aromatic carbocycles. The average Bonchev–Trinajstić information content (AvgIpc) is 2.64. The first-order valence-electron chi connectivity index (χ1n) is 9.43. The van der Waals surface area contributed by atoms with Crippen molar-refractivity contribution in [2.24, 2.45) is 11.8 Å². The summed E-state index contributed by atoms with van der Waals surface area (Å²) in [6.45, 7) is 6.62. The van der Waals surface area contributed by atoms with E-state index < -0.39 is 0 Å². The second kappa shape index (κ2) is 9.00. The molecular weight excluding hydrogens is 343 g/mol. The van der Waals surface area contributed by atoms with Crippen LogP contribution in [0.5, 0.6) is 5.75 Å². The molecule has 144 valence electrons. The number of benzene rings is 2. The molecule has 1 fully saturated rings. The predicted molar refractivity (Wildman–Crippen MR) is 104 cm³/mol. The van der Waals surface area contributed by atoms with Crippen LogP contribution in [-0.4, -0.2) is 25.6 Å². The number of piperidine rings is 1. The summed E-state index contributed by atoms with van der Waals surface area (Å²) < 4.78 is 18.9. The number of ether oxygens (including phenoxy) is 1. The van der Waals surface area contributed by atoms with E-state index in [2.05, 4.69) is 42.7 Å². The molecule has 0 radical (unpaired) electrons. The Morgan fingerprint density at radius 1 is 1.19 bits per heavy atom. The summed E-state index contributed by atoms with van der Waals surface area (Å²) in [5.41, 5.74) is 3.52. The van der Waals surface area contributed by atoms with Crippen molar-refractivity contribution in [1.82, 2.24) is 10.6 Å². The van der Waals surface area contributed by atoms with Gasteiger partial charge >= 0.3 is 0 Å². The van der Waals surface area contributed by atoms with Gasteiger partial charge in [-0.3, -0.25) is 4.79 Å². The lowest BCUT2D eigenvalue weighted by molar-refractivity contribution is -0.126. The fourth-order valence-corrected chi connectivity index (χ4v) is 3.63. The highest BCUT2D eigenvalue weighted by atomic mass is 19.1. The summed E-state index contributed by atoms with van der Waals surface area (Å²) in [6.07, 6.45) is 0.765. The molecule has 3 rings (SSSR count). The van der Waals surface area contributed by atoms with Crippen molar-refractivity contribution < 1.29 is 13.9 Å². The minimum absolute atomic E-state index is 0.0668. The molecule has 0 spiro atoms. The van der Waals surface area contributed by atoms with Gasteiger partial charge in [0.1, 0.15) is 11.6 Å². The Balaban J connectivity index is 1.48. The van der Waals surface area contributed by atoms with E-state index in [9.17, 15) is 9.18 Å². The number of amides is 1. The Hall–Kier alpha value is -2.40. The van der Waals surface area contributed by atoms with E-state index in [1.807, 2.05) is 0 Å². The van der Waals surface area contributed by atoms with Crippen molar-refractivity contribution in [2.45, 2.75) is 26.8 Å². The van der Waals surface area contributed by atoms with Crippen molar-refractivity contribution in [3.8, 4) is 5.75 Å². The number of carbonyl (C=O) groups is 1. The first-order valence-corrected chi connectivity index (χ1v) is 9.43. The molecule has 4 nitrogen and oxygen atoms in total. The lowest BCUT2D eigenvalue weighted by Gasteiger charge is -2.29. The standard InChI is InChI=1S/C22H27FN2O2/c1-15-6-16(2)8-17(7-15)12-25-22(26)19-9-18(11-24-13-19)14-27-21-5-3-4-20(23)10-21/h3-8,10,18-19,24H,9,11-14H2,1-2H3,(H,25,26)/t18-,19+/m0/s1. The molecule has 1 aliphatic heterocycles. The fraction of sp³-hybridized carbons (Fsp3) is 0.409. The van der Waals surface area contributed by atoms with Crippen LogP contribution in [0.25, 0.3) is 0 Å². The Bertz CT molecular complexity index is 773. The Morgan fingerprint density at radius 2 is 1.96 bits per heavy atom. The summed E-state index contributed by atoms with van der Waals surface area (Å²) in [5, 5.41) is 6.37. The molecule has 2 atom stereocenters. The predicted octanol–water partition coefficient (Wildman–Crippen LogP) is 3.36. The van der Waals surface area contributed by atoms with Crippen molar-refractivity contribution in [2.75, 3.05) is 19.7 Å². The van der Waals surface area contributed by atoms with Crippen molar-refractivity contribution in [1.29, 1.82) is 0 Å². The number of halogens is 1. The zero-order valence-electron chi connectivity index (χ0n) is 15.9. The lowest BCUT2D eigenvalue weighted by atomic mass is 9.90. The minimum Gasteiger partial charge on any atom is -0.493 e. The van der Waals surface area contributed by atoms with E-state index in [0.29, 0.717) is 25.4 Å². The highest BCUT2D eigenvalue weighted by Crippen LogP contribution is 2.20. The number of hydrogen-bond donors (Lipinski definition) is 2. The molecule has 1 aliphatic rings. The third-order valence-corrected chi connectivity index (χ3v) is 4.84. The summed E-state index contributed by atoms with van der Waals surface area (Å²) >= 11 is 0. The molecule has 27 heavy (non-hydrogen) atoms. The average molecular weight is 370 g/mol. The number of carbonyl (C=O) groups excluding carboxylic acids is 1. The Kier molecular flexibility index (Phi) is 6.45. The molecule has 2 aromatic rings. The number of nitrogens with one attached hydrogen (secondary N) is 2. The van der Waals surface area contributed by atoms with E-state index in [1.54, 1.807) is 12.1 Å². The van der Waals surface area contributed by atoms with Crippen LogP contribution in [-0.2, 0) is 11.3 Å². The summed E-state index contributed by atoms with van der Waals surface area (Å²) in [7, 11) is 0. The quantitative estimate of drug-likeness (QED) is 0.820. The van der Waals surface area contributed by atoms with Gasteiger partial charge in [0.05, 0.1) is 12.5 Å². The maximum atomic E-state index is 13.2. The van der Waals surface area contributed by atoms with Crippen molar-refractivity contribution in [3.63, 3.8) is 0 Å². The van der Waals surface area contributed by atoms with Crippen LogP contribution in [0.3, 0.4) is 0 Å². The van der Waals surface area contributed by atoms with Crippen LogP contribution in [0.15, 0.2) is 42.5 Å². The number of hydrogen-bond acceptors (Lipinski definition) is 3. The second-order valence-corrected chi connectivity index (χ2v) is 7.44. The monoisotopic (exact) mass is 370 g/mol. The first kappa shape index (κ1) is 19.4. The maximum absolute atomic E-state index is 13.2.